The number of esters is 1. The van der Waals surface area contributed by atoms with Crippen molar-refractivity contribution in [1.29, 1.82) is 0 Å². The zero-order valence-electron chi connectivity index (χ0n) is 13.1. The molecule has 0 aromatic heterocycles. The molecule has 2 aromatic rings. The standard InChI is InChI=1S/C17H17NO5/c1-9(2)16(19)23-15-11-6-5-10(3)7-12(11)14(8-13(15)18)22-17(20)21-4/h5-8H,1,18H2,2-4H3. The molecule has 0 aliphatic rings. The van der Waals surface area contributed by atoms with Crippen LogP contribution in [0.15, 0.2) is 36.4 Å². The number of aryl methyl sites for hydroxylation is 1. The van der Waals surface area contributed by atoms with Gasteiger partial charge < -0.3 is 19.9 Å². The molecule has 0 saturated heterocycles. The van der Waals surface area contributed by atoms with Crippen LogP contribution in [-0.2, 0) is 9.53 Å². The Hall–Kier alpha value is -3.02. The van der Waals surface area contributed by atoms with Crippen molar-refractivity contribution in [1.82, 2.24) is 0 Å². The Bertz CT molecular complexity index is 810. The summed E-state index contributed by atoms with van der Waals surface area (Å²) in [5.74, 6) is -0.159. The molecule has 0 aliphatic heterocycles. The normalized spacial score (nSPS) is 10.2. The van der Waals surface area contributed by atoms with Gasteiger partial charge in [-0.3, -0.25) is 0 Å². The van der Waals surface area contributed by atoms with E-state index in [9.17, 15) is 9.59 Å². The topological polar surface area (TPSA) is 87.9 Å². The maximum Gasteiger partial charge on any atom is 0.513 e. The minimum absolute atomic E-state index is 0.162. The molecular formula is C17H17NO5. The SMILES string of the molecule is C=C(C)C(=O)Oc1c(N)cc(OC(=O)OC)c2cc(C)ccc12. The van der Waals surface area contributed by atoms with Gasteiger partial charge in [-0.05, 0) is 19.9 Å². The maximum atomic E-state index is 11.8. The van der Waals surface area contributed by atoms with Gasteiger partial charge in [0.15, 0.2) is 5.75 Å². The van der Waals surface area contributed by atoms with Crippen LogP contribution in [0.2, 0.25) is 0 Å². The highest BCUT2D eigenvalue weighted by Crippen LogP contribution is 2.39. The van der Waals surface area contributed by atoms with Crippen molar-refractivity contribution >= 4 is 28.6 Å². The zero-order valence-corrected chi connectivity index (χ0v) is 13.1. The van der Waals surface area contributed by atoms with E-state index in [0.29, 0.717) is 10.8 Å². The van der Waals surface area contributed by atoms with Gasteiger partial charge >= 0.3 is 12.1 Å². The summed E-state index contributed by atoms with van der Waals surface area (Å²) in [6, 6.07) is 6.79. The molecule has 23 heavy (non-hydrogen) atoms. The van der Waals surface area contributed by atoms with Crippen molar-refractivity contribution in [2.75, 3.05) is 12.8 Å². The Balaban J connectivity index is 2.64. The second-order valence-electron chi connectivity index (χ2n) is 5.07. The van der Waals surface area contributed by atoms with Crippen molar-refractivity contribution in [2.45, 2.75) is 13.8 Å². The van der Waals surface area contributed by atoms with Crippen LogP contribution in [0, 0.1) is 6.92 Å². The highest BCUT2D eigenvalue weighted by molar-refractivity contribution is 6.01. The first-order chi connectivity index (χ1) is 10.8. The number of hydrogen-bond donors (Lipinski definition) is 1. The van der Waals surface area contributed by atoms with Crippen LogP contribution < -0.4 is 15.2 Å². The monoisotopic (exact) mass is 315 g/mol. The Labute approximate surface area is 133 Å². The lowest BCUT2D eigenvalue weighted by Gasteiger charge is -2.14. The molecule has 0 atom stereocenters. The van der Waals surface area contributed by atoms with E-state index in [1.807, 2.05) is 13.0 Å². The van der Waals surface area contributed by atoms with Gasteiger partial charge in [-0.15, -0.1) is 0 Å². The van der Waals surface area contributed by atoms with Crippen LogP contribution >= 0.6 is 0 Å². The summed E-state index contributed by atoms with van der Waals surface area (Å²) in [7, 11) is 1.21. The molecule has 0 unspecified atom stereocenters. The summed E-state index contributed by atoms with van der Waals surface area (Å²) < 4.78 is 14.9. The number of hydrogen-bond acceptors (Lipinski definition) is 6. The Kier molecular flexibility index (Phi) is 4.55. The van der Waals surface area contributed by atoms with E-state index in [1.54, 1.807) is 19.1 Å². The van der Waals surface area contributed by atoms with Gasteiger partial charge in [-0.2, -0.15) is 0 Å². The van der Waals surface area contributed by atoms with Crippen molar-refractivity contribution in [3.8, 4) is 11.5 Å². The number of ether oxygens (including phenoxy) is 3. The highest BCUT2D eigenvalue weighted by atomic mass is 16.7. The molecule has 0 aliphatic carbocycles. The Morgan fingerprint density at radius 1 is 1.13 bits per heavy atom. The number of methoxy groups -OCH3 is 1. The molecule has 0 fully saturated rings. The Morgan fingerprint density at radius 2 is 1.83 bits per heavy atom. The van der Waals surface area contributed by atoms with E-state index < -0.39 is 12.1 Å². The minimum atomic E-state index is -0.862. The zero-order chi connectivity index (χ0) is 17.1. The van der Waals surface area contributed by atoms with Crippen LogP contribution in [0.1, 0.15) is 12.5 Å². The molecule has 2 rings (SSSR count). The largest absolute Gasteiger partial charge is 0.513 e. The van der Waals surface area contributed by atoms with Crippen LogP contribution in [0.25, 0.3) is 10.8 Å². The van der Waals surface area contributed by atoms with Gasteiger partial charge in [0.1, 0.15) is 5.75 Å². The number of carbonyl (C=O) groups excluding carboxylic acids is 2. The third-order valence-corrected chi connectivity index (χ3v) is 3.14. The molecule has 0 amide bonds. The van der Waals surface area contributed by atoms with Crippen molar-refractivity contribution in [2.24, 2.45) is 0 Å². The summed E-state index contributed by atoms with van der Waals surface area (Å²) >= 11 is 0. The summed E-state index contributed by atoms with van der Waals surface area (Å²) in [6.45, 7) is 6.97. The molecule has 2 N–H and O–H groups in total. The maximum absolute atomic E-state index is 11.8. The predicted octanol–water partition coefficient (Wildman–Crippen LogP) is 3.36. The first-order valence-electron chi connectivity index (χ1n) is 6.79. The van der Waals surface area contributed by atoms with Gasteiger partial charge in [0.25, 0.3) is 0 Å². The summed E-state index contributed by atoms with van der Waals surface area (Å²) in [5, 5.41) is 1.12. The summed E-state index contributed by atoms with van der Waals surface area (Å²) in [5.41, 5.74) is 7.30. The van der Waals surface area contributed by atoms with Crippen LogP contribution in [0.5, 0.6) is 11.5 Å². The molecule has 6 nitrogen and oxygen atoms in total. The highest BCUT2D eigenvalue weighted by Gasteiger charge is 2.18. The number of fused-ring (bicyclic) bond motifs is 1. The first-order valence-corrected chi connectivity index (χ1v) is 6.79. The molecule has 0 bridgehead atoms. The molecular weight excluding hydrogens is 298 g/mol. The van der Waals surface area contributed by atoms with Crippen LogP contribution in [-0.4, -0.2) is 19.2 Å². The Morgan fingerprint density at radius 3 is 2.43 bits per heavy atom. The average Bonchev–Trinajstić information content (AvgIpc) is 2.50. The van der Waals surface area contributed by atoms with E-state index in [4.69, 9.17) is 15.2 Å². The number of benzene rings is 2. The molecule has 120 valence electrons. The lowest BCUT2D eigenvalue weighted by Crippen LogP contribution is -2.11. The number of nitrogens with two attached hydrogens (primary N) is 1. The third kappa shape index (κ3) is 3.42. The molecule has 6 heteroatoms. The van der Waals surface area contributed by atoms with E-state index in [2.05, 4.69) is 11.3 Å². The fourth-order valence-corrected chi connectivity index (χ4v) is 2.01. The van der Waals surface area contributed by atoms with Crippen molar-refractivity contribution < 1.29 is 23.8 Å². The minimum Gasteiger partial charge on any atom is -0.437 e. The molecule has 0 heterocycles. The molecule has 0 spiro atoms. The molecule has 0 radical (unpaired) electrons. The molecule has 0 saturated carbocycles. The number of anilines is 1. The number of nitrogen functional groups attached to an aromatic ring is 1. The first kappa shape index (κ1) is 16.4. The van der Waals surface area contributed by atoms with Crippen LogP contribution in [0.3, 0.4) is 0 Å². The van der Waals surface area contributed by atoms with Crippen molar-refractivity contribution in [3.63, 3.8) is 0 Å². The summed E-state index contributed by atoms with van der Waals surface area (Å²) in [6.07, 6.45) is -0.862. The third-order valence-electron chi connectivity index (χ3n) is 3.14. The second-order valence-corrected chi connectivity index (χ2v) is 5.07. The number of carbonyl (C=O) groups is 2. The fraction of sp³-hybridized carbons (Fsp3) is 0.176. The van der Waals surface area contributed by atoms with Gasteiger partial charge in [0.2, 0.25) is 0 Å². The van der Waals surface area contributed by atoms with Gasteiger partial charge in [-0.1, -0.05) is 24.3 Å². The second kappa shape index (κ2) is 6.39. The average molecular weight is 315 g/mol. The fourth-order valence-electron chi connectivity index (χ4n) is 2.01. The van der Waals surface area contributed by atoms with E-state index >= 15 is 0 Å². The predicted molar refractivity (Wildman–Crippen MR) is 86.6 cm³/mol. The van der Waals surface area contributed by atoms with Gasteiger partial charge in [0.05, 0.1) is 12.8 Å². The number of rotatable bonds is 3. The van der Waals surface area contributed by atoms with E-state index in [0.717, 1.165) is 5.56 Å². The van der Waals surface area contributed by atoms with E-state index in [-0.39, 0.29) is 22.8 Å². The van der Waals surface area contributed by atoms with E-state index in [1.165, 1.54) is 13.2 Å². The smallest absolute Gasteiger partial charge is 0.437 e. The van der Waals surface area contributed by atoms with Crippen molar-refractivity contribution in [3.05, 3.63) is 42.0 Å². The quantitative estimate of drug-likeness (QED) is 0.307. The summed E-state index contributed by atoms with van der Waals surface area (Å²) in [4.78, 5) is 23.2. The molecule has 2 aromatic carbocycles. The lowest BCUT2D eigenvalue weighted by atomic mass is 10.0. The van der Waals surface area contributed by atoms with Crippen LogP contribution in [0.4, 0.5) is 10.5 Å². The van der Waals surface area contributed by atoms with Gasteiger partial charge in [-0.25, -0.2) is 9.59 Å². The lowest BCUT2D eigenvalue weighted by molar-refractivity contribution is -0.129. The van der Waals surface area contributed by atoms with Gasteiger partial charge in [0, 0.05) is 22.4 Å².